The minimum atomic E-state index is -0.430. The molecule has 114 valence electrons. The summed E-state index contributed by atoms with van der Waals surface area (Å²) in [5.41, 5.74) is 1.86. The predicted molar refractivity (Wildman–Crippen MR) is 84.4 cm³/mol. The van der Waals surface area contributed by atoms with Crippen molar-refractivity contribution in [1.82, 2.24) is 0 Å². The number of hydrogen-bond donors (Lipinski definition) is 0. The molecule has 0 aliphatic rings. The number of aryl methyl sites for hydroxylation is 3. The van der Waals surface area contributed by atoms with Gasteiger partial charge in [0.25, 0.3) is 0 Å². The van der Waals surface area contributed by atoms with E-state index in [1.807, 2.05) is 26.0 Å². The molecule has 0 saturated heterocycles. The fraction of sp³-hybridized carbons (Fsp3) is 0.278. The molecule has 0 saturated carbocycles. The summed E-state index contributed by atoms with van der Waals surface area (Å²) in [6.45, 7) is 6.22. The van der Waals surface area contributed by atoms with E-state index in [1.165, 1.54) is 11.6 Å². The SMILES string of the molecule is Cc1ccc(OCC#CCOc2cc(C)oc(=O)c2)c(C)c1. The van der Waals surface area contributed by atoms with Crippen LogP contribution in [0.4, 0.5) is 0 Å². The van der Waals surface area contributed by atoms with Gasteiger partial charge in [-0.1, -0.05) is 29.5 Å². The van der Waals surface area contributed by atoms with Gasteiger partial charge in [-0.15, -0.1) is 0 Å². The van der Waals surface area contributed by atoms with Crippen LogP contribution in [0.25, 0.3) is 0 Å². The minimum Gasteiger partial charge on any atom is -0.481 e. The van der Waals surface area contributed by atoms with Gasteiger partial charge in [-0.2, -0.15) is 0 Å². The first kappa shape index (κ1) is 15.7. The van der Waals surface area contributed by atoms with E-state index in [0.29, 0.717) is 18.1 Å². The average Bonchev–Trinajstić information content (AvgIpc) is 2.43. The van der Waals surface area contributed by atoms with Gasteiger partial charge in [0.05, 0.1) is 6.07 Å². The Morgan fingerprint density at radius 3 is 2.41 bits per heavy atom. The van der Waals surface area contributed by atoms with Crippen LogP contribution in [0.2, 0.25) is 0 Å². The molecule has 2 aromatic rings. The van der Waals surface area contributed by atoms with Crippen molar-refractivity contribution in [3.8, 4) is 23.3 Å². The lowest BCUT2D eigenvalue weighted by Gasteiger charge is -2.06. The molecule has 0 bridgehead atoms. The molecule has 0 N–H and O–H groups in total. The van der Waals surface area contributed by atoms with Crippen molar-refractivity contribution >= 4 is 0 Å². The van der Waals surface area contributed by atoms with E-state index in [4.69, 9.17) is 13.9 Å². The molecule has 1 aromatic heterocycles. The van der Waals surface area contributed by atoms with Gasteiger partial charge in [0.2, 0.25) is 0 Å². The largest absolute Gasteiger partial charge is 0.481 e. The van der Waals surface area contributed by atoms with Crippen molar-refractivity contribution in [3.05, 3.63) is 57.6 Å². The lowest BCUT2D eigenvalue weighted by Crippen LogP contribution is -2.02. The molecule has 0 radical (unpaired) electrons. The van der Waals surface area contributed by atoms with Crippen molar-refractivity contribution in [2.45, 2.75) is 20.8 Å². The third-order valence-corrected chi connectivity index (χ3v) is 2.93. The highest BCUT2D eigenvalue weighted by Crippen LogP contribution is 2.18. The molecule has 4 nitrogen and oxygen atoms in total. The number of ether oxygens (including phenoxy) is 2. The molecule has 0 aliphatic carbocycles. The highest BCUT2D eigenvalue weighted by Gasteiger charge is 1.98. The van der Waals surface area contributed by atoms with Crippen LogP contribution >= 0.6 is 0 Å². The monoisotopic (exact) mass is 298 g/mol. The second-order valence-electron chi connectivity index (χ2n) is 4.92. The van der Waals surface area contributed by atoms with Crippen LogP contribution in [0.3, 0.4) is 0 Å². The fourth-order valence-electron chi connectivity index (χ4n) is 1.96. The van der Waals surface area contributed by atoms with Gasteiger partial charge in [0, 0.05) is 6.07 Å². The first-order valence-corrected chi connectivity index (χ1v) is 6.95. The summed E-state index contributed by atoms with van der Waals surface area (Å²) < 4.78 is 15.8. The van der Waals surface area contributed by atoms with Gasteiger partial charge in [0.1, 0.15) is 30.5 Å². The maximum atomic E-state index is 11.2. The van der Waals surface area contributed by atoms with E-state index in [1.54, 1.807) is 13.0 Å². The fourth-order valence-corrected chi connectivity index (χ4v) is 1.96. The number of rotatable bonds is 4. The molecular weight excluding hydrogens is 280 g/mol. The minimum absolute atomic E-state index is 0.194. The van der Waals surface area contributed by atoms with E-state index >= 15 is 0 Å². The predicted octanol–water partition coefficient (Wildman–Crippen LogP) is 3.03. The summed E-state index contributed by atoms with van der Waals surface area (Å²) in [5, 5.41) is 0. The van der Waals surface area contributed by atoms with Crippen molar-refractivity contribution < 1.29 is 13.9 Å². The third-order valence-electron chi connectivity index (χ3n) is 2.93. The van der Waals surface area contributed by atoms with Gasteiger partial charge < -0.3 is 13.9 Å². The second-order valence-corrected chi connectivity index (χ2v) is 4.92. The average molecular weight is 298 g/mol. The molecule has 0 unspecified atom stereocenters. The topological polar surface area (TPSA) is 48.7 Å². The van der Waals surface area contributed by atoms with Crippen LogP contribution < -0.4 is 15.1 Å². The Morgan fingerprint density at radius 1 is 1.00 bits per heavy atom. The van der Waals surface area contributed by atoms with Crippen LogP contribution in [0.1, 0.15) is 16.9 Å². The lowest BCUT2D eigenvalue weighted by molar-refractivity contribution is 0.355. The Labute approximate surface area is 129 Å². The molecule has 4 heteroatoms. The van der Waals surface area contributed by atoms with Gasteiger partial charge in [-0.3, -0.25) is 0 Å². The molecule has 0 fully saturated rings. The normalized spacial score (nSPS) is 9.77. The summed E-state index contributed by atoms with van der Waals surface area (Å²) in [6.07, 6.45) is 0. The number of benzene rings is 1. The quantitative estimate of drug-likeness (QED) is 0.814. The molecule has 1 heterocycles. The molecule has 0 atom stereocenters. The number of hydrogen-bond acceptors (Lipinski definition) is 4. The Hall–Kier alpha value is -2.67. The van der Waals surface area contributed by atoms with Gasteiger partial charge in [-0.05, 0) is 32.4 Å². The van der Waals surface area contributed by atoms with Crippen LogP contribution in [-0.2, 0) is 0 Å². The zero-order valence-electron chi connectivity index (χ0n) is 12.9. The smallest absolute Gasteiger partial charge is 0.339 e. The van der Waals surface area contributed by atoms with Gasteiger partial charge in [0.15, 0.2) is 0 Å². The Bertz CT molecular complexity index is 763. The Kier molecular flexibility index (Phi) is 5.26. The van der Waals surface area contributed by atoms with Crippen molar-refractivity contribution in [2.75, 3.05) is 13.2 Å². The van der Waals surface area contributed by atoms with Crippen molar-refractivity contribution in [2.24, 2.45) is 0 Å². The zero-order chi connectivity index (χ0) is 15.9. The lowest BCUT2D eigenvalue weighted by atomic mass is 10.1. The molecule has 0 aliphatic heterocycles. The third kappa shape index (κ3) is 4.71. The maximum absolute atomic E-state index is 11.2. The van der Waals surface area contributed by atoms with E-state index in [0.717, 1.165) is 11.3 Å². The highest BCUT2D eigenvalue weighted by atomic mass is 16.5. The molecular formula is C18H18O4. The molecule has 1 aromatic carbocycles. The Balaban J connectivity index is 1.81. The zero-order valence-corrected chi connectivity index (χ0v) is 12.9. The maximum Gasteiger partial charge on any atom is 0.339 e. The summed E-state index contributed by atoms with van der Waals surface area (Å²) in [6, 6.07) is 8.95. The van der Waals surface area contributed by atoms with E-state index < -0.39 is 5.63 Å². The molecule has 22 heavy (non-hydrogen) atoms. The molecule has 0 amide bonds. The second kappa shape index (κ2) is 7.37. The first-order chi connectivity index (χ1) is 10.5. The summed E-state index contributed by atoms with van der Waals surface area (Å²) in [7, 11) is 0. The van der Waals surface area contributed by atoms with E-state index in [9.17, 15) is 4.79 Å². The summed E-state index contributed by atoms with van der Waals surface area (Å²) in [4.78, 5) is 11.2. The van der Waals surface area contributed by atoms with Crippen molar-refractivity contribution in [3.63, 3.8) is 0 Å². The first-order valence-electron chi connectivity index (χ1n) is 6.95. The molecule has 0 spiro atoms. The summed E-state index contributed by atoms with van der Waals surface area (Å²) >= 11 is 0. The van der Waals surface area contributed by atoms with Gasteiger partial charge >= 0.3 is 5.63 Å². The van der Waals surface area contributed by atoms with Crippen LogP contribution in [0.5, 0.6) is 11.5 Å². The van der Waals surface area contributed by atoms with Crippen molar-refractivity contribution in [1.29, 1.82) is 0 Å². The highest BCUT2D eigenvalue weighted by molar-refractivity contribution is 5.35. The molecule has 2 rings (SSSR count). The van der Waals surface area contributed by atoms with E-state index in [-0.39, 0.29) is 6.61 Å². The standard InChI is InChI=1S/C18H18O4/c1-13-6-7-17(14(2)10-13)21-9-5-4-8-20-16-11-15(3)22-18(19)12-16/h6-7,10-12H,8-9H2,1-3H3. The van der Waals surface area contributed by atoms with Crippen LogP contribution in [0, 0.1) is 32.6 Å². The van der Waals surface area contributed by atoms with E-state index in [2.05, 4.69) is 17.9 Å². The summed E-state index contributed by atoms with van der Waals surface area (Å²) in [5.74, 6) is 7.52. The Morgan fingerprint density at radius 2 is 1.73 bits per heavy atom. The van der Waals surface area contributed by atoms with Crippen LogP contribution in [0.15, 0.2) is 39.5 Å². The van der Waals surface area contributed by atoms with Crippen LogP contribution in [-0.4, -0.2) is 13.2 Å². The van der Waals surface area contributed by atoms with Gasteiger partial charge in [-0.25, -0.2) is 4.79 Å².